The minimum absolute atomic E-state index is 0.00711. The lowest BCUT2D eigenvalue weighted by Crippen LogP contribution is -2.31. The van der Waals surface area contributed by atoms with E-state index in [-0.39, 0.29) is 11.9 Å². The molecule has 0 aliphatic heterocycles. The monoisotopic (exact) mass is 350 g/mol. The Morgan fingerprint density at radius 3 is 2.46 bits per heavy atom. The highest BCUT2D eigenvalue weighted by Gasteiger charge is 2.07. The number of amides is 1. The zero-order valence-corrected chi connectivity index (χ0v) is 16.1. The minimum Gasteiger partial charge on any atom is -0.354 e. The summed E-state index contributed by atoms with van der Waals surface area (Å²) in [6.45, 7) is 7.72. The number of rotatable bonds is 5. The largest absolute Gasteiger partial charge is 0.354 e. The summed E-state index contributed by atoms with van der Waals surface area (Å²) < 4.78 is 0. The van der Waals surface area contributed by atoms with Gasteiger partial charge < -0.3 is 10.2 Å². The van der Waals surface area contributed by atoms with Crippen molar-refractivity contribution in [3.8, 4) is 11.8 Å². The van der Waals surface area contributed by atoms with Crippen LogP contribution in [0.5, 0.6) is 0 Å². The van der Waals surface area contributed by atoms with Crippen molar-refractivity contribution in [2.45, 2.75) is 46.2 Å². The fourth-order valence-corrected chi connectivity index (χ4v) is 2.43. The number of benzene rings is 1. The van der Waals surface area contributed by atoms with Gasteiger partial charge in [-0.15, -0.1) is 0 Å². The second-order valence-corrected chi connectivity index (χ2v) is 6.70. The molecule has 26 heavy (non-hydrogen) atoms. The van der Waals surface area contributed by atoms with Crippen molar-refractivity contribution in [3.63, 3.8) is 0 Å². The Kier molecular flexibility index (Phi) is 6.74. The molecule has 0 spiro atoms. The molecule has 2 rings (SSSR count). The van der Waals surface area contributed by atoms with Crippen molar-refractivity contribution < 1.29 is 4.79 Å². The van der Waals surface area contributed by atoms with Crippen LogP contribution in [0.25, 0.3) is 0 Å². The average Bonchev–Trinajstić information content (AvgIpc) is 2.60. The van der Waals surface area contributed by atoms with Gasteiger partial charge in [-0.3, -0.25) is 4.79 Å². The van der Waals surface area contributed by atoms with Gasteiger partial charge in [0.25, 0.3) is 0 Å². The normalized spacial score (nSPS) is 11.5. The maximum atomic E-state index is 11.1. The summed E-state index contributed by atoms with van der Waals surface area (Å²) in [4.78, 5) is 21.9. The van der Waals surface area contributed by atoms with E-state index in [4.69, 9.17) is 0 Å². The lowest BCUT2D eigenvalue weighted by atomic mass is 10.1. The van der Waals surface area contributed by atoms with Crippen LogP contribution >= 0.6 is 0 Å². The fourth-order valence-electron chi connectivity index (χ4n) is 2.43. The fraction of sp³-hybridized carbons (Fsp3) is 0.381. The number of hydrogen-bond acceptors (Lipinski definition) is 4. The number of nitrogens with zero attached hydrogens (tertiary/aromatic N) is 3. The van der Waals surface area contributed by atoms with Crippen molar-refractivity contribution in [3.05, 3.63) is 53.3 Å². The van der Waals surface area contributed by atoms with E-state index in [1.165, 1.54) is 12.5 Å². The SMILES string of the molecule is CC(=O)NC(C)Cc1ccc(C#Cc2ccnc(N(C)C(C)C)n2)cc1. The number of nitrogens with one attached hydrogen (secondary N) is 1. The molecular formula is C21H26N4O. The zero-order chi connectivity index (χ0) is 19.1. The van der Waals surface area contributed by atoms with Crippen LogP contribution in [0.15, 0.2) is 36.5 Å². The zero-order valence-electron chi connectivity index (χ0n) is 16.1. The molecule has 1 N–H and O–H groups in total. The standard InChI is InChI=1S/C21H26N4O/c1-15(2)25(5)21-22-13-12-20(24-21)11-10-18-6-8-19(9-7-18)14-16(3)23-17(4)26/h6-9,12-13,15-16H,14H2,1-5H3,(H,23,26). The van der Waals surface area contributed by atoms with Gasteiger partial charge >= 0.3 is 0 Å². The molecule has 0 radical (unpaired) electrons. The first kappa shape index (κ1) is 19.5. The van der Waals surface area contributed by atoms with Crippen LogP contribution in [0, 0.1) is 11.8 Å². The van der Waals surface area contributed by atoms with Crippen LogP contribution in [-0.2, 0) is 11.2 Å². The van der Waals surface area contributed by atoms with E-state index in [1.54, 1.807) is 6.20 Å². The minimum atomic E-state index is -0.00711. The topological polar surface area (TPSA) is 58.1 Å². The first-order valence-electron chi connectivity index (χ1n) is 8.79. The lowest BCUT2D eigenvalue weighted by Gasteiger charge is -2.20. The van der Waals surface area contributed by atoms with Crippen LogP contribution < -0.4 is 10.2 Å². The molecule has 1 atom stereocenters. The van der Waals surface area contributed by atoms with Gasteiger partial charge in [0.15, 0.2) is 0 Å². The smallest absolute Gasteiger partial charge is 0.226 e. The predicted molar refractivity (Wildman–Crippen MR) is 105 cm³/mol. The van der Waals surface area contributed by atoms with E-state index in [9.17, 15) is 4.79 Å². The third-order valence-corrected chi connectivity index (χ3v) is 4.01. The van der Waals surface area contributed by atoms with Crippen molar-refractivity contribution >= 4 is 11.9 Å². The lowest BCUT2D eigenvalue weighted by molar-refractivity contribution is -0.119. The van der Waals surface area contributed by atoms with Gasteiger partial charge in [0.1, 0.15) is 5.69 Å². The molecular weight excluding hydrogens is 324 g/mol. The van der Waals surface area contributed by atoms with Crippen LogP contribution in [0.2, 0.25) is 0 Å². The van der Waals surface area contributed by atoms with Crippen molar-refractivity contribution in [2.24, 2.45) is 0 Å². The predicted octanol–water partition coefficient (Wildman–Crippen LogP) is 2.79. The van der Waals surface area contributed by atoms with E-state index in [0.717, 1.165) is 12.0 Å². The Hall–Kier alpha value is -2.87. The van der Waals surface area contributed by atoms with Gasteiger partial charge in [-0.2, -0.15) is 0 Å². The van der Waals surface area contributed by atoms with Gasteiger partial charge in [-0.1, -0.05) is 18.1 Å². The molecule has 1 amide bonds. The van der Waals surface area contributed by atoms with Crippen molar-refractivity contribution in [2.75, 3.05) is 11.9 Å². The molecule has 0 aliphatic rings. The maximum Gasteiger partial charge on any atom is 0.226 e. The highest BCUT2D eigenvalue weighted by atomic mass is 16.1. The van der Waals surface area contributed by atoms with Crippen molar-refractivity contribution in [1.82, 2.24) is 15.3 Å². The molecule has 2 aromatic rings. The molecule has 1 aromatic carbocycles. The highest BCUT2D eigenvalue weighted by molar-refractivity contribution is 5.73. The van der Waals surface area contributed by atoms with Gasteiger partial charge in [-0.05, 0) is 56.9 Å². The molecule has 0 bridgehead atoms. The van der Waals surface area contributed by atoms with Gasteiger partial charge in [-0.25, -0.2) is 9.97 Å². The van der Waals surface area contributed by atoms with Crippen LogP contribution in [0.3, 0.4) is 0 Å². The van der Waals surface area contributed by atoms with Crippen LogP contribution in [0.1, 0.15) is 44.5 Å². The van der Waals surface area contributed by atoms with E-state index in [0.29, 0.717) is 17.7 Å². The maximum absolute atomic E-state index is 11.1. The molecule has 0 saturated heterocycles. The molecule has 0 aliphatic carbocycles. The summed E-state index contributed by atoms with van der Waals surface area (Å²) in [5.74, 6) is 6.91. The molecule has 0 fully saturated rings. The number of carbonyl (C=O) groups is 1. The third kappa shape index (κ3) is 5.89. The summed E-state index contributed by atoms with van der Waals surface area (Å²) in [7, 11) is 1.97. The molecule has 1 aromatic heterocycles. The Bertz CT molecular complexity index is 803. The van der Waals surface area contributed by atoms with Gasteiger partial charge in [0, 0.05) is 37.8 Å². The number of carbonyl (C=O) groups excluding carboxylic acids is 1. The Morgan fingerprint density at radius 2 is 1.85 bits per heavy atom. The summed E-state index contributed by atoms with van der Waals surface area (Å²) >= 11 is 0. The highest BCUT2D eigenvalue weighted by Crippen LogP contribution is 2.09. The molecule has 0 saturated carbocycles. The van der Waals surface area contributed by atoms with E-state index in [2.05, 4.69) is 41.0 Å². The van der Waals surface area contributed by atoms with Crippen molar-refractivity contribution in [1.29, 1.82) is 0 Å². The summed E-state index contributed by atoms with van der Waals surface area (Å²) in [5, 5.41) is 2.89. The second kappa shape index (κ2) is 9.00. The molecule has 1 unspecified atom stereocenters. The number of aromatic nitrogens is 2. The van der Waals surface area contributed by atoms with Gasteiger partial charge in [0.05, 0.1) is 0 Å². The number of anilines is 1. The molecule has 136 valence electrons. The van der Waals surface area contributed by atoms with E-state index in [1.807, 2.05) is 49.2 Å². The Morgan fingerprint density at radius 1 is 1.15 bits per heavy atom. The summed E-state index contributed by atoms with van der Waals surface area (Å²) in [6, 6.07) is 10.3. The van der Waals surface area contributed by atoms with Crippen LogP contribution in [0.4, 0.5) is 5.95 Å². The Labute approximate surface area is 155 Å². The second-order valence-electron chi connectivity index (χ2n) is 6.70. The molecule has 1 heterocycles. The molecule has 5 nitrogen and oxygen atoms in total. The number of hydrogen-bond donors (Lipinski definition) is 1. The average molecular weight is 350 g/mol. The van der Waals surface area contributed by atoms with Gasteiger partial charge in [0.2, 0.25) is 11.9 Å². The summed E-state index contributed by atoms with van der Waals surface area (Å²) in [6.07, 6.45) is 2.53. The first-order valence-corrected chi connectivity index (χ1v) is 8.79. The first-order chi connectivity index (χ1) is 12.3. The quantitative estimate of drug-likeness (QED) is 0.843. The van der Waals surface area contributed by atoms with E-state index >= 15 is 0 Å². The molecule has 5 heteroatoms. The third-order valence-electron chi connectivity index (χ3n) is 4.01. The summed E-state index contributed by atoms with van der Waals surface area (Å²) in [5.41, 5.74) is 2.80. The van der Waals surface area contributed by atoms with E-state index < -0.39 is 0 Å². The Balaban J connectivity index is 2.06. The van der Waals surface area contributed by atoms with Crippen LogP contribution in [-0.4, -0.2) is 35.0 Å².